The van der Waals surface area contributed by atoms with E-state index in [0.29, 0.717) is 54.8 Å². The molecule has 3 fully saturated rings. The molecule has 8 nitrogen and oxygen atoms in total. The number of carbonyl (C=O) groups excluding carboxylic acids is 3. The summed E-state index contributed by atoms with van der Waals surface area (Å²) in [7, 11) is 0. The van der Waals surface area contributed by atoms with Crippen LogP contribution in [0.15, 0.2) is 28.7 Å². The number of nitrogens with two attached hydrogens (primary N) is 1. The molecule has 1 aliphatic heterocycles. The first kappa shape index (κ1) is 30.4. The Balaban J connectivity index is 1.31. The van der Waals surface area contributed by atoms with Crippen LogP contribution in [0.5, 0.6) is 0 Å². The number of hydrogen-bond donors (Lipinski definition) is 3. The van der Waals surface area contributed by atoms with Crippen molar-refractivity contribution in [2.24, 2.45) is 29.4 Å². The number of fused-ring (bicyclic) bond motifs is 1. The molecule has 2 saturated carbocycles. The fraction of sp³-hybridized carbons (Fsp3) is 0.645. The summed E-state index contributed by atoms with van der Waals surface area (Å²) in [5, 5.41) is 5.67. The number of furan rings is 1. The quantitative estimate of drug-likeness (QED) is 0.368. The van der Waals surface area contributed by atoms with Crippen LogP contribution in [0.4, 0.5) is 18.9 Å². The summed E-state index contributed by atoms with van der Waals surface area (Å²) in [4.78, 5) is 41.7. The van der Waals surface area contributed by atoms with Crippen molar-refractivity contribution in [3.05, 3.63) is 30.0 Å². The van der Waals surface area contributed by atoms with Crippen molar-refractivity contribution in [1.29, 1.82) is 0 Å². The largest absolute Gasteiger partial charge is 0.451 e. The third-order valence-electron chi connectivity index (χ3n) is 9.58. The maximum absolute atomic E-state index is 13.9. The lowest BCUT2D eigenvalue weighted by Gasteiger charge is -2.36. The molecule has 2 aromatic rings. The number of amides is 3. The normalized spacial score (nSPS) is 26.0. The van der Waals surface area contributed by atoms with Crippen molar-refractivity contribution < 1.29 is 32.0 Å². The second-order valence-electron chi connectivity index (χ2n) is 12.2. The zero-order chi connectivity index (χ0) is 29.8. The fourth-order valence-electron chi connectivity index (χ4n) is 7.32. The van der Waals surface area contributed by atoms with E-state index in [9.17, 15) is 27.6 Å². The number of nitrogens with one attached hydrogen (secondary N) is 2. The molecule has 1 aromatic heterocycles. The first-order chi connectivity index (χ1) is 20.2. The summed E-state index contributed by atoms with van der Waals surface area (Å²) in [6.07, 6.45) is 6.42. The van der Waals surface area contributed by atoms with E-state index in [2.05, 4.69) is 10.6 Å². The number of benzene rings is 1. The van der Waals surface area contributed by atoms with Crippen molar-refractivity contribution in [2.75, 3.05) is 25.1 Å². The summed E-state index contributed by atoms with van der Waals surface area (Å²) in [6, 6.07) is 5.34. The van der Waals surface area contributed by atoms with Crippen LogP contribution >= 0.6 is 0 Å². The standard InChI is InChI=1S/C31H41F3N4O4/c32-16-24(35)19-6-8-20(9-7-19)31(41)38-13-12-23(18-4-2-1-3-5-18)28(38)30(40)37-22-10-11-25-21(14-22)15-26(42-25)29(39)36-17-27(33)34/h10-11,14-15,18-20,23-24,27-28H,1-9,12-13,16-17,35H2,(H,36,39)(H,37,40)/t19?,20?,23-,24+,28-/m0/s1. The summed E-state index contributed by atoms with van der Waals surface area (Å²) in [5.74, 6) is -0.710. The topological polar surface area (TPSA) is 118 Å². The van der Waals surface area contributed by atoms with Crippen molar-refractivity contribution in [2.45, 2.75) is 82.7 Å². The lowest BCUT2D eigenvalue weighted by Crippen LogP contribution is -2.50. The van der Waals surface area contributed by atoms with Crippen LogP contribution in [-0.4, -0.2) is 60.9 Å². The van der Waals surface area contributed by atoms with Gasteiger partial charge in [0.25, 0.3) is 12.3 Å². The van der Waals surface area contributed by atoms with Gasteiger partial charge in [-0.05, 0) is 74.1 Å². The molecular formula is C31H41F3N4O4. The minimum atomic E-state index is -2.67. The molecule has 3 atom stereocenters. The third kappa shape index (κ3) is 6.76. The van der Waals surface area contributed by atoms with Crippen molar-refractivity contribution in [3.63, 3.8) is 0 Å². The Hall–Kier alpha value is -3.08. The van der Waals surface area contributed by atoms with Gasteiger partial charge in [0.15, 0.2) is 5.76 Å². The number of likely N-dealkylation sites (tertiary alicyclic amines) is 1. The van der Waals surface area contributed by atoms with E-state index in [-0.39, 0.29) is 35.3 Å². The average Bonchev–Trinajstić information content (AvgIpc) is 3.64. The Bertz CT molecular complexity index is 1260. The van der Waals surface area contributed by atoms with Crippen molar-refractivity contribution in [3.8, 4) is 0 Å². The molecule has 0 bridgehead atoms. The van der Waals surface area contributed by atoms with E-state index >= 15 is 0 Å². The van der Waals surface area contributed by atoms with Crippen LogP contribution in [0.3, 0.4) is 0 Å². The number of anilines is 1. The predicted molar refractivity (Wildman–Crippen MR) is 153 cm³/mol. The zero-order valence-corrected chi connectivity index (χ0v) is 23.8. The van der Waals surface area contributed by atoms with Crippen LogP contribution < -0.4 is 16.4 Å². The lowest BCUT2D eigenvalue weighted by molar-refractivity contribution is -0.142. The minimum Gasteiger partial charge on any atom is -0.451 e. The third-order valence-corrected chi connectivity index (χ3v) is 9.58. The predicted octanol–water partition coefficient (Wildman–Crippen LogP) is 5.27. The highest BCUT2D eigenvalue weighted by Crippen LogP contribution is 2.41. The molecule has 3 aliphatic rings. The molecule has 5 rings (SSSR count). The Labute approximate surface area is 243 Å². The van der Waals surface area contributed by atoms with Crippen molar-refractivity contribution >= 4 is 34.4 Å². The number of nitrogens with zero attached hydrogens (tertiary/aromatic N) is 1. The molecule has 1 aromatic carbocycles. The number of carbonyl (C=O) groups is 3. The minimum absolute atomic E-state index is 0.00506. The molecular weight excluding hydrogens is 549 g/mol. The molecule has 0 radical (unpaired) electrons. The van der Waals surface area contributed by atoms with Crippen LogP contribution in [-0.2, 0) is 9.59 Å². The van der Waals surface area contributed by atoms with Gasteiger partial charge in [-0.3, -0.25) is 14.4 Å². The second kappa shape index (κ2) is 13.5. The molecule has 11 heteroatoms. The number of alkyl halides is 3. The highest BCUT2D eigenvalue weighted by atomic mass is 19.3. The zero-order valence-electron chi connectivity index (χ0n) is 23.8. The number of rotatable bonds is 9. The van der Waals surface area contributed by atoms with E-state index in [1.54, 1.807) is 23.1 Å². The molecule has 1 saturated heterocycles. The first-order valence-electron chi connectivity index (χ1n) is 15.3. The summed E-state index contributed by atoms with van der Waals surface area (Å²) in [5.41, 5.74) is 6.81. The van der Waals surface area contributed by atoms with E-state index in [1.165, 1.54) is 12.5 Å². The van der Waals surface area contributed by atoms with E-state index in [4.69, 9.17) is 10.2 Å². The number of hydrogen-bond acceptors (Lipinski definition) is 5. The molecule has 0 spiro atoms. The van der Waals surface area contributed by atoms with Crippen LogP contribution in [0.2, 0.25) is 0 Å². The van der Waals surface area contributed by atoms with Gasteiger partial charge in [0, 0.05) is 29.6 Å². The van der Waals surface area contributed by atoms with Gasteiger partial charge in [0.1, 0.15) is 18.3 Å². The van der Waals surface area contributed by atoms with Gasteiger partial charge in [0.05, 0.1) is 6.54 Å². The Morgan fingerprint density at radius 2 is 1.74 bits per heavy atom. The maximum atomic E-state index is 13.9. The lowest BCUT2D eigenvalue weighted by atomic mass is 9.76. The van der Waals surface area contributed by atoms with Crippen LogP contribution in [0, 0.1) is 23.7 Å². The summed E-state index contributed by atoms with van der Waals surface area (Å²) < 4.78 is 43.6. The summed E-state index contributed by atoms with van der Waals surface area (Å²) >= 11 is 0. The number of halogens is 3. The molecule has 42 heavy (non-hydrogen) atoms. The van der Waals surface area contributed by atoms with Crippen LogP contribution in [0.1, 0.15) is 74.8 Å². The summed E-state index contributed by atoms with van der Waals surface area (Å²) in [6.45, 7) is -0.791. The van der Waals surface area contributed by atoms with Gasteiger partial charge in [0.2, 0.25) is 11.8 Å². The average molecular weight is 591 g/mol. The van der Waals surface area contributed by atoms with Gasteiger partial charge < -0.3 is 25.7 Å². The van der Waals surface area contributed by atoms with Gasteiger partial charge in [-0.15, -0.1) is 0 Å². The van der Waals surface area contributed by atoms with Gasteiger partial charge in [-0.25, -0.2) is 13.2 Å². The van der Waals surface area contributed by atoms with E-state index in [1.807, 2.05) is 0 Å². The Kier molecular flexibility index (Phi) is 9.75. The molecule has 3 amide bonds. The second-order valence-corrected chi connectivity index (χ2v) is 12.2. The van der Waals surface area contributed by atoms with Gasteiger partial charge >= 0.3 is 0 Å². The highest BCUT2D eigenvalue weighted by Gasteiger charge is 2.47. The monoisotopic (exact) mass is 590 g/mol. The van der Waals surface area contributed by atoms with E-state index in [0.717, 1.165) is 32.1 Å². The maximum Gasteiger partial charge on any atom is 0.287 e. The van der Waals surface area contributed by atoms with E-state index < -0.39 is 37.6 Å². The van der Waals surface area contributed by atoms with Crippen LogP contribution in [0.25, 0.3) is 11.0 Å². The highest BCUT2D eigenvalue weighted by molar-refractivity contribution is 6.01. The fourth-order valence-corrected chi connectivity index (χ4v) is 7.32. The molecule has 4 N–H and O–H groups in total. The Morgan fingerprint density at radius 1 is 1.00 bits per heavy atom. The molecule has 2 heterocycles. The van der Waals surface area contributed by atoms with Gasteiger partial charge in [-0.1, -0.05) is 32.1 Å². The smallest absolute Gasteiger partial charge is 0.287 e. The van der Waals surface area contributed by atoms with Crippen molar-refractivity contribution in [1.82, 2.24) is 10.2 Å². The first-order valence-corrected chi connectivity index (χ1v) is 15.3. The Morgan fingerprint density at radius 3 is 2.43 bits per heavy atom. The molecule has 0 unspecified atom stereocenters. The molecule has 2 aliphatic carbocycles. The van der Waals surface area contributed by atoms with Gasteiger partial charge in [-0.2, -0.15) is 0 Å². The molecule has 230 valence electrons. The SMILES string of the molecule is N[C@H](CF)C1CCC(C(=O)N2CC[C@@H](C3CCCCC3)[C@H]2C(=O)Nc2ccc3oc(C(=O)NCC(F)F)cc3c2)CC1.